The van der Waals surface area contributed by atoms with Crippen molar-refractivity contribution in [2.45, 2.75) is 64.5 Å². The van der Waals surface area contributed by atoms with Gasteiger partial charge in [0.15, 0.2) is 0 Å². The molecular formula is C14H26N2O3. The van der Waals surface area contributed by atoms with E-state index in [1.807, 2.05) is 13.8 Å². The first kappa shape index (κ1) is 16.0. The molecule has 1 saturated carbocycles. The number of hydrogen-bond acceptors (Lipinski definition) is 3. The average Bonchev–Trinajstić information content (AvgIpc) is 2.35. The van der Waals surface area contributed by atoms with Crippen molar-refractivity contribution in [3.8, 4) is 0 Å². The molecule has 0 saturated heterocycles. The van der Waals surface area contributed by atoms with Gasteiger partial charge in [0.2, 0.25) is 11.8 Å². The number of carbonyl (C=O) groups is 2. The number of nitrogens with two attached hydrogens (primary N) is 1. The molecule has 1 aliphatic rings. The summed E-state index contributed by atoms with van der Waals surface area (Å²) in [5, 5.41) is 12.4. The summed E-state index contributed by atoms with van der Waals surface area (Å²) in [6, 6.07) is -0.644. The van der Waals surface area contributed by atoms with Crippen LogP contribution in [0, 0.1) is 11.8 Å². The summed E-state index contributed by atoms with van der Waals surface area (Å²) in [4.78, 5) is 23.4. The molecule has 1 fully saturated rings. The van der Waals surface area contributed by atoms with Crippen molar-refractivity contribution in [3.05, 3.63) is 0 Å². The molecule has 2 atom stereocenters. The number of nitrogens with one attached hydrogen (secondary N) is 1. The van der Waals surface area contributed by atoms with E-state index >= 15 is 0 Å². The summed E-state index contributed by atoms with van der Waals surface area (Å²) < 4.78 is 0. The standard InChI is InChI=1S/C14H26N2O3/c1-9(2)8-11(17)14(19)16-12(13(15)18)10-6-4-3-5-7-10/h9-12,17H,3-8H2,1-2H3,(H2,15,18)(H,16,19)/t11-,12-/m0/s1. The maximum absolute atomic E-state index is 11.9. The number of rotatable bonds is 6. The molecule has 0 aromatic heterocycles. The SMILES string of the molecule is CC(C)C[C@H](O)C(=O)N[C@H](C(N)=O)C1CCCCC1. The first-order valence-electron chi connectivity index (χ1n) is 7.19. The largest absolute Gasteiger partial charge is 0.383 e. The molecule has 0 radical (unpaired) electrons. The molecule has 0 heterocycles. The van der Waals surface area contributed by atoms with E-state index in [-0.39, 0.29) is 11.8 Å². The molecule has 1 rings (SSSR count). The molecule has 0 unspecified atom stereocenters. The van der Waals surface area contributed by atoms with Crippen molar-refractivity contribution in [2.24, 2.45) is 17.6 Å². The molecule has 0 bridgehead atoms. The molecular weight excluding hydrogens is 244 g/mol. The molecule has 0 aliphatic heterocycles. The molecule has 19 heavy (non-hydrogen) atoms. The molecule has 0 spiro atoms. The molecule has 0 aromatic rings. The fraction of sp³-hybridized carbons (Fsp3) is 0.857. The van der Waals surface area contributed by atoms with E-state index in [2.05, 4.69) is 5.32 Å². The molecule has 2 amide bonds. The Hall–Kier alpha value is -1.10. The van der Waals surface area contributed by atoms with Gasteiger partial charge in [-0.05, 0) is 31.1 Å². The van der Waals surface area contributed by atoms with E-state index in [1.54, 1.807) is 0 Å². The zero-order valence-corrected chi connectivity index (χ0v) is 11.9. The third-order valence-electron chi connectivity index (χ3n) is 3.72. The van der Waals surface area contributed by atoms with Crippen molar-refractivity contribution in [3.63, 3.8) is 0 Å². The number of aliphatic hydroxyl groups excluding tert-OH is 1. The fourth-order valence-electron chi connectivity index (χ4n) is 2.69. The second-order valence-corrected chi connectivity index (χ2v) is 5.93. The van der Waals surface area contributed by atoms with Gasteiger partial charge in [-0.3, -0.25) is 9.59 Å². The van der Waals surface area contributed by atoms with Crippen molar-refractivity contribution in [1.29, 1.82) is 0 Å². The first-order valence-corrected chi connectivity index (χ1v) is 7.19. The van der Waals surface area contributed by atoms with Crippen LogP contribution in [-0.2, 0) is 9.59 Å². The Kier molecular flexibility index (Phi) is 6.28. The average molecular weight is 270 g/mol. The van der Waals surface area contributed by atoms with Crippen LogP contribution >= 0.6 is 0 Å². The Morgan fingerprint density at radius 3 is 2.32 bits per heavy atom. The van der Waals surface area contributed by atoms with Gasteiger partial charge in [0.1, 0.15) is 12.1 Å². The highest BCUT2D eigenvalue weighted by Crippen LogP contribution is 2.26. The van der Waals surface area contributed by atoms with Crippen LogP contribution in [0.5, 0.6) is 0 Å². The van der Waals surface area contributed by atoms with Gasteiger partial charge in [-0.1, -0.05) is 33.1 Å². The number of amides is 2. The van der Waals surface area contributed by atoms with Crippen LogP contribution in [0.1, 0.15) is 52.4 Å². The lowest BCUT2D eigenvalue weighted by atomic mass is 9.83. The Morgan fingerprint density at radius 2 is 1.84 bits per heavy atom. The van der Waals surface area contributed by atoms with Crippen LogP contribution < -0.4 is 11.1 Å². The highest BCUT2D eigenvalue weighted by molar-refractivity contribution is 5.88. The van der Waals surface area contributed by atoms with Crippen LogP contribution in [0.4, 0.5) is 0 Å². The summed E-state index contributed by atoms with van der Waals surface area (Å²) >= 11 is 0. The summed E-state index contributed by atoms with van der Waals surface area (Å²) in [6.07, 6.45) is 4.46. The van der Waals surface area contributed by atoms with Gasteiger partial charge in [-0.15, -0.1) is 0 Å². The Labute approximate surface area is 114 Å². The molecule has 5 nitrogen and oxygen atoms in total. The molecule has 4 N–H and O–H groups in total. The Morgan fingerprint density at radius 1 is 1.26 bits per heavy atom. The van der Waals surface area contributed by atoms with Crippen LogP contribution in [0.2, 0.25) is 0 Å². The van der Waals surface area contributed by atoms with Gasteiger partial charge in [0.05, 0.1) is 0 Å². The van der Waals surface area contributed by atoms with Gasteiger partial charge >= 0.3 is 0 Å². The second kappa shape index (κ2) is 7.48. The smallest absolute Gasteiger partial charge is 0.249 e. The van der Waals surface area contributed by atoms with E-state index in [0.717, 1.165) is 25.7 Å². The van der Waals surface area contributed by atoms with E-state index in [0.29, 0.717) is 6.42 Å². The topological polar surface area (TPSA) is 92.4 Å². The van der Waals surface area contributed by atoms with E-state index in [1.165, 1.54) is 6.42 Å². The predicted octanol–water partition coefficient (Wildman–Crippen LogP) is 0.944. The van der Waals surface area contributed by atoms with Crippen LogP contribution in [0.3, 0.4) is 0 Å². The number of carbonyl (C=O) groups excluding carboxylic acids is 2. The van der Waals surface area contributed by atoms with Crippen molar-refractivity contribution < 1.29 is 14.7 Å². The highest BCUT2D eigenvalue weighted by Gasteiger charge is 2.31. The zero-order valence-electron chi connectivity index (χ0n) is 11.9. The maximum atomic E-state index is 11.9. The minimum atomic E-state index is -1.06. The second-order valence-electron chi connectivity index (χ2n) is 5.93. The maximum Gasteiger partial charge on any atom is 0.249 e. The third-order valence-corrected chi connectivity index (χ3v) is 3.72. The summed E-state index contributed by atoms with van der Waals surface area (Å²) in [5.74, 6) is -0.649. The molecule has 5 heteroatoms. The van der Waals surface area contributed by atoms with Gasteiger partial charge in [-0.2, -0.15) is 0 Å². The van der Waals surface area contributed by atoms with E-state index in [9.17, 15) is 14.7 Å². The van der Waals surface area contributed by atoms with Crippen molar-refractivity contribution >= 4 is 11.8 Å². The summed E-state index contributed by atoms with van der Waals surface area (Å²) in [5.41, 5.74) is 5.38. The first-order chi connectivity index (χ1) is 8.91. The zero-order chi connectivity index (χ0) is 14.4. The van der Waals surface area contributed by atoms with Crippen molar-refractivity contribution in [1.82, 2.24) is 5.32 Å². The van der Waals surface area contributed by atoms with Crippen molar-refractivity contribution in [2.75, 3.05) is 0 Å². The van der Waals surface area contributed by atoms with E-state index in [4.69, 9.17) is 5.73 Å². The predicted molar refractivity (Wildman–Crippen MR) is 73.2 cm³/mol. The van der Waals surface area contributed by atoms with Crippen LogP contribution in [0.15, 0.2) is 0 Å². The summed E-state index contributed by atoms with van der Waals surface area (Å²) in [7, 11) is 0. The van der Waals surface area contributed by atoms with Crippen LogP contribution in [-0.4, -0.2) is 29.1 Å². The van der Waals surface area contributed by atoms with Gasteiger partial charge < -0.3 is 16.2 Å². The quantitative estimate of drug-likeness (QED) is 0.670. The van der Waals surface area contributed by atoms with Gasteiger partial charge in [-0.25, -0.2) is 0 Å². The minimum absolute atomic E-state index is 0.112. The lowest BCUT2D eigenvalue weighted by Gasteiger charge is -2.29. The number of primary amides is 1. The monoisotopic (exact) mass is 270 g/mol. The minimum Gasteiger partial charge on any atom is -0.383 e. The lowest BCUT2D eigenvalue weighted by Crippen LogP contribution is -2.52. The normalized spacial score (nSPS) is 20.0. The van der Waals surface area contributed by atoms with Crippen LogP contribution in [0.25, 0.3) is 0 Å². The molecule has 110 valence electrons. The molecule has 0 aromatic carbocycles. The number of hydrogen-bond donors (Lipinski definition) is 3. The highest BCUT2D eigenvalue weighted by atomic mass is 16.3. The third kappa shape index (κ3) is 5.19. The lowest BCUT2D eigenvalue weighted by molar-refractivity contribution is -0.134. The van der Waals surface area contributed by atoms with Gasteiger partial charge in [0, 0.05) is 0 Å². The Bertz CT molecular complexity index is 312. The molecule has 1 aliphatic carbocycles. The van der Waals surface area contributed by atoms with E-state index < -0.39 is 24.0 Å². The fourth-order valence-corrected chi connectivity index (χ4v) is 2.69. The number of aliphatic hydroxyl groups is 1. The Balaban J connectivity index is 2.57. The summed E-state index contributed by atoms with van der Waals surface area (Å²) in [6.45, 7) is 3.87. The van der Waals surface area contributed by atoms with Gasteiger partial charge in [0.25, 0.3) is 0 Å².